The lowest BCUT2D eigenvalue weighted by atomic mass is 10.1. The summed E-state index contributed by atoms with van der Waals surface area (Å²) in [5.41, 5.74) is 0. The SMILES string of the molecule is [B]CC(=O)Br. The Morgan fingerprint density at radius 1 is 2.00 bits per heavy atom. The van der Waals surface area contributed by atoms with E-state index in [0.717, 1.165) is 0 Å². The molecular formula is C2H2BBrO. The lowest BCUT2D eigenvalue weighted by Gasteiger charge is -1.68. The Kier molecular flexibility index (Phi) is 2.56. The maximum absolute atomic E-state index is 9.60. The average Bonchev–Trinajstić information content (AvgIpc) is 1.38. The number of hydrogen-bond donors (Lipinski definition) is 0. The fraction of sp³-hybridized carbons (Fsp3) is 0.500. The van der Waals surface area contributed by atoms with E-state index in [1.54, 1.807) is 0 Å². The minimum Gasteiger partial charge on any atom is -0.288 e. The third-order valence-corrected chi connectivity index (χ3v) is 0.484. The zero-order chi connectivity index (χ0) is 4.28. The van der Waals surface area contributed by atoms with E-state index in [-0.39, 0.29) is 11.0 Å². The van der Waals surface area contributed by atoms with Gasteiger partial charge in [-0.1, -0.05) is 0 Å². The first-order valence-electron chi connectivity index (χ1n) is 1.15. The van der Waals surface area contributed by atoms with Gasteiger partial charge >= 0.3 is 0 Å². The summed E-state index contributed by atoms with van der Waals surface area (Å²) < 4.78 is -0.155. The van der Waals surface area contributed by atoms with Crippen molar-refractivity contribution in [3.63, 3.8) is 0 Å². The molecule has 0 heterocycles. The molecule has 5 heavy (non-hydrogen) atoms. The third kappa shape index (κ3) is 4.21. The first-order chi connectivity index (χ1) is 2.27. The average molecular weight is 133 g/mol. The molecule has 0 saturated heterocycles. The summed E-state index contributed by atoms with van der Waals surface area (Å²) in [7, 11) is 4.77. The molecule has 3 heteroatoms. The molecule has 0 bridgehead atoms. The van der Waals surface area contributed by atoms with Crippen LogP contribution in [0, 0.1) is 0 Å². The number of carbonyl (C=O) groups is 1. The molecule has 0 N–H and O–H groups in total. The van der Waals surface area contributed by atoms with Gasteiger partial charge in [0.05, 0.1) is 7.85 Å². The van der Waals surface area contributed by atoms with Crippen LogP contribution in [0.4, 0.5) is 0 Å². The Balaban J connectivity index is 2.85. The van der Waals surface area contributed by atoms with Gasteiger partial charge in [-0.05, 0) is 22.3 Å². The van der Waals surface area contributed by atoms with Crippen molar-refractivity contribution in [1.29, 1.82) is 0 Å². The highest BCUT2D eigenvalue weighted by Gasteiger charge is 1.80. The van der Waals surface area contributed by atoms with Crippen molar-refractivity contribution in [2.24, 2.45) is 0 Å². The van der Waals surface area contributed by atoms with Gasteiger partial charge in [0.25, 0.3) is 0 Å². The second-order valence-electron chi connectivity index (χ2n) is 0.559. The zero-order valence-corrected chi connectivity index (χ0v) is 4.16. The van der Waals surface area contributed by atoms with Crippen LogP contribution >= 0.6 is 15.9 Å². The number of rotatable bonds is 1. The second-order valence-corrected chi connectivity index (χ2v) is 1.44. The predicted octanol–water partition coefficient (Wildman–Crippen LogP) is 0.495. The van der Waals surface area contributed by atoms with Gasteiger partial charge in [0.1, 0.15) is 0 Å². The maximum atomic E-state index is 9.60. The van der Waals surface area contributed by atoms with Crippen molar-refractivity contribution >= 4 is 28.5 Å². The number of hydrogen-bond acceptors (Lipinski definition) is 1. The Morgan fingerprint density at radius 2 is 2.20 bits per heavy atom. The van der Waals surface area contributed by atoms with Crippen molar-refractivity contribution in [3.05, 3.63) is 0 Å². The summed E-state index contributed by atoms with van der Waals surface area (Å²) in [5.74, 6) is 0. The van der Waals surface area contributed by atoms with E-state index in [0.29, 0.717) is 0 Å². The topological polar surface area (TPSA) is 17.1 Å². The summed E-state index contributed by atoms with van der Waals surface area (Å²) in [4.78, 5) is 9.60. The highest BCUT2D eigenvalue weighted by molar-refractivity contribution is 9.18. The molecule has 0 spiro atoms. The largest absolute Gasteiger partial charge is 0.288 e. The molecule has 0 aromatic rings. The molecule has 0 aromatic carbocycles. The summed E-state index contributed by atoms with van der Waals surface area (Å²) in [5, 5.41) is 0. The molecule has 0 aromatic heterocycles. The lowest BCUT2D eigenvalue weighted by molar-refractivity contribution is -0.108. The first-order valence-corrected chi connectivity index (χ1v) is 1.95. The van der Waals surface area contributed by atoms with E-state index in [1.165, 1.54) is 0 Å². The van der Waals surface area contributed by atoms with Crippen molar-refractivity contribution in [3.8, 4) is 0 Å². The molecule has 2 radical (unpaired) electrons. The third-order valence-electron chi connectivity index (χ3n) is 0.160. The Bertz CT molecular complexity index is 44.9. The van der Waals surface area contributed by atoms with Gasteiger partial charge in [-0.25, -0.2) is 0 Å². The van der Waals surface area contributed by atoms with Gasteiger partial charge < -0.3 is 0 Å². The molecular weight excluding hydrogens is 131 g/mol. The van der Waals surface area contributed by atoms with Gasteiger partial charge in [0.15, 0.2) is 4.69 Å². The van der Waals surface area contributed by atoms with E-state index in [1.807, 2.05) is 0 Å². The van der Waals surface area contributed by atoms with E-state index in [9.17, 15) is 4.79 Å². The number of carbonyl (C=O) groups excluding carboxylic acids is 1. The Hall–Kier alpha value is 0.215. The minimum absolute atomic E-state index is 0.0833. The minimum atomic E-state index is -0.155. The van der Waals surface area contributed by atoms with Crippen LogP contribution in [-0.4, -0.2) is 12.5 Å². The van der Waals surface area contributed by atoms with Crippen molar-refractivity contribution in [1.82, 2.24) is 0 Å². The summed E-state index contributed by atoms with van der Waals surface area (Å²) in [6, 6.07) is 0. The molecule has 1 nitrogen and oxygen atoms in total. The summed E-state index contributed by atoms with van der Waals surface area (Å²) in [6.45, 7) is 0. The Morgan fingerprint density at radius 3 is 2.20 bits per heavy atom. The fourth-order valence-electron chi connectivity index (χ4n) is 0. The van der Waals surface area contributed by atoms with Crippen LogP contribution in [0.2, 0.25) is 6.32 Å². The molecule has 0 aliphatic rings. The second kappa shape index (κ2) is 2.45. The van der Waals surface area contributed by atoms with Crippen LogP contribution < -0.4 is 0 Å². The maximum Gasteiger partial charge on any atom is 0.189 e. The van der Waals surface area contributed by atoms with Crippen molar-refractivity contribution in [2.45, 2.75) is 6.32 Å². The zero-order valence-electron chi connectivity index (χ0n) is 2.57. The van der Waals surface area contributed by atoms with Crippen molar-refractivity contribution in [2.75, 3.05) is 0 Å². The molecule has 0 aliphatic heterocycles. The van der Waals surface area contributed by atoms with Gasteiger partial charge in [-0.2, -0.15) is 0 Å². The molecule has 0 atom stereocenters. The van der Waals surface area contributed by atoms with Crippen LogP contribution in [0.3, 0.4) is 0 Å². The van der Waals surface area contributed by atoms with E-state index in [2.05, 4.69) is 15.9 Å². The van der Waals surface area contributed by atoms with Crippen LogP contribution in [0.5, 0.6) is 0 Å². The quantitative estimate of drug-likeness (QED) is 0.375. The van der Waals surface area contributed by atoms with Crippen LogP contribution in [0.25, 0.3) is 0 Å². The molecule has 0 amide bonds. The highest BCUT2D eigenvalue weighted by Crippen LogP contribution is 1.84. The van der Waals surface area contributed by atoms with Crippen molar-refractivity contribution < 1.29 is 4.79 Å². The molecule has 0 rings (SSSR count). The van der Waals surface area contributed by atoms with E-state index in [4.69, 9.17) is 7.85 Å². The normalized spacial score (nSPS) is 7.40. The van der Waals surface area contributed by atoms with Gasteiger partial charge in [0, 0.05) is 0 Å². The van der Waals surface area contributed by atoms with E-state index < -0.39 is 0 Å². The van der Waals surface area contributed by atoms with Crippen LogP contribution in [0.15, 0.2) is 0 Å². The monoisotopic (exact) mass is 132 g/mol. The molecule has 0 aliphatic carbocycles. The van der Waals surface area contributed by atoms with Crippen LogP contribution in [-0.2, 0) is 4.79 Å². The summed E-state index contributed by atoms with van der Waals surface area (Å²) >= 11 is 2.61. The van der Waals surface area contributed by atoms with E-state index >= 15 is 0 Å². The molecule has 26 valence electrons. The fourth-order valence-corrected chi connectivity index (χ4v) is 0. The first kappa shape index (κ1) is 5.21. The van der Waals surface area contributed by atoms with Crippen LogP contribution in [0.1, 0.15) is 0 Å². The lowest BCUT2D eigenvalue weighted by Crippen LogP contribution is -1.76. The molecule has 0 fully saturated rings. The molecule has 0 unspecified atom stereocenters. The standard InChI is InChI=1S/C2H2BBrO/c3-1-2(4)5/h1H2. The van der Waals surface area contributed by atoms with Gasteiger partial charge in [0.2, 0.25) is 0 Å². The smallest absolute Gasteiger partial charge is 0.189 e. The predicted molar refractivity (Wildman–Crippen MR) is 24.5 cm³/mol. The van der Waals surface area contributed by atoms with Gasteiger partial charge in [-0.15, -0.1) is 0 Å². The highest BCUT2D eigenvalue weighted by atomic mass is 79.9. The number of halogens is 1. The van der Waals surface area contributed by atoms with Gasteiger partial charge in [-0.3, -0.25) is 4.79 Å². The summed E-state index contributed by atoms with van der Waals surface area (Å²) in [6.07, 6.45) is 0.0833. The Labute approximate surface area is 40.3 Å². The molecule has 0 saturated carbocycles.